The molecule has 0 spiro atoms. The van der Waals surface area contributed by atoms with Gasteiger partial charge >= 0.3 is 20.3 Å². The first-order chi connectivity index (χ1) is 15.6. The number of rotatable bonds is 12. The van der Waals surface area contributed by atoms with Crippen molar-refractivity contribution in [2.24, 2.45) is 11.3 Å². The molecule has 0 aromatic carbocycles. The number of esters is 1. The van der Waals surface area contributed by atoms with Crippen LogP contribution >= 0.6 is 8.69 Å². The number of terminal acetylenes is 1. The van der Waals surface area contributed by atoms with Gasteiger partial charge in [-0.05, 0) is 27.2 Å². The smallest absolute Gasteiger partial charge is 0.330 e. The highest BCUT2D eigenvalue weighted by Crippen LogP contribution is 2.50. The molecule has 5 atom stereocenters. The Hall–Kier alpha value is -2.38. The van der Waals surface area contributed by atoms with Gasteiger partial charge in [0.25, 0.3) is 5.56 Å². The molecule has 1 aliphatic rings. The minimum absolute atomic E-state index is 0.0750. The summed E-state index contributed by atoms with van der Waals surface area (Å²) in [6, 6.07) is 1.17. The third-order valence-electron chi connectivity index (χ3n) is 5.37. The number of hydrogen-bond acceptors (Lipinski definition) is 8. The number of carbonyl (C=O) groups is 1. The van der Waals surface area contributed by atoms with Crippen LogP contribution < -0.4 is 11.2 Å². The van der Waals surface area contributed by atoms with Crippen molar-refractivity contribution in [3.63, 3.8) is 0 Å². The maximum Gasteiger partial charge on any atom is 0.330 e. The van der Waals surface area contributed by atoms with E-state index in [2.05, 4.69) is 10.9 Å². The summed E-state index contributed by atoms with van der Waals surface area (Å²) in [6.07, 6.45) is 3.57. The SMILES string of the molecule is C#C[C@]1(C)[C@H](CCOC[C@H](F)CC(=O)OC(C)C)[C@@H](COP=O)O[C@H]1n1ccc(=O)[nH]c1=O. The van der Waals surface area contributed by atoms with Crippen molar-refractivity contribution in [2.45, 2.75) is 58.2 Å². The number of aromatic nitrogens is 2. The number of alkyl halides is 1. The number of aromatic amines is 1. The fourth-order valence-corrected chi connectivity index (χ4v) is 4.04. The van der Waals surface area contributed by atoms with Crippen molar-refractivity contribution in [1.29, 1.82) is 0 Å². The van der Waals surface area contributed by atoms with E-state index in [0.29, 0.717) is 6.42 Å². The zero-order valence-electron chi connectivity index (χ0n) is 18.7. The second kappa shape index (κ2) is 12.2. The summed E-state index contributed by atoms with van der Waals surface area (Å²) >= 11 is 0. The van der Waals surface area contributed by atoms with Crippen LogP contribution in [0.5, 0.6) is 0 Å². The van der Waals surface area contributed by atoms with Gasteiger partial charge in [-0.15, -0.1) is 6.42 Å². The van der Waals surface area contributed by atoms with E-state index in [4.69, 9.17) is 25.2 Å². The number of ether oxygens (including phenoxy) is 3. The molecule has 2 rings (SSSR count). The summed E-state index contributed by atoms with van der Waals surface area (Å²) in [4.78, 5) is 37.5. The Labute approximate surface area is 192 Å². The molecule has 2 heterocycles. The van der Waals surface area contributed by atoms with E-state index in [1.54, 1.807) is 20.8 Å². The van der Waals surface area contributed by atoms with Crippen LogP contribution in [-0.4, -0.2) is 53.7 Å². The van der Waals surface area contributed by atoms with E-state index < -0.39 is 62.2 Å². The fraction of sp³-hybridized carbons (Fsp3) is 0.667. The highest BCUT2D eigenvalue weighted by molar-refractivity contribution is 7.17. The van der Waals surface area contributed by atoms with Crippen molar-refractivity contribution >= 4 is 14.7 Å². The van der Waals surface area contributed by atoms with Gasteiger partial charge in [-0.3, -0.25) is 23.7 Å². The molecule has 33 heavy (non-hydrogen) atoms. The van der Waals surface area contributed by atoms with E-state index >= 15 is 0 Å². The molecule has 0 unspecified atom stereocenters. The molecule has 0 saturated carbocycles. The number of nitrogens with one attached hydrogen (secondary N) is 1. The zero-order chi connectivity index (χ0) is 24.6. The van der Waals surface area contributed by atoms with E-state index in [1.807, 2.05) is 0 Å². The van der Waals surface area contributed by atoms with Crippen LogP contribution in [0.15, 0.2) is 21.9 Å². The number of halogens is 1. The lowest BCUT2D eigenvalue weighted by atomic mass is 9.74. The van der Waals surface area contributed by atoms with E-state index in [0.717, 1.165) is 0 Å². The second-order valence-electron chi connectivity index (χ2n) is 8.15. The number of H-pyrrole nitrogens is 1. The monoisotopic (exact) mass is 486 g/mol. The lowest BCUT2D eigenvalue weighted by Crippen LogP contribution is -2.38. The molecular formula is C21H28FN2O8P. The first-order valence-electron chi connectivity index (χ1n) is 10.4. The largest absolute Gasteiger partial charge is 0.463 e. The fourth-order valence-electron chi connectivity index (χ4n) is 3.83. The van der Waals surface area contributed by atoms with Crippen molar-refractivity contribution in [3.8, 4) is 12.3 Å². The highest BCUT2D eigenvalue weighted by Gasteiger charge is 2.53. The maximum atomic E-state index is 14.0. The topological polar surface area (TPSA) is 126 Å². The van der Waals surface area contributed by atoms with Crippen LogP contribution in [0.2, 0.25) is 0 Å². The predicted octanol–water partition coefficient (Wildman–Crippen LogP) is 2.00. The van der Waals surface area contributed by atoms with Gasteiger partial charge < -0.3 is 14.2 Å². The Balaban J connectivity index is 2.08. The normalized spacial score (nSPS) is 25.8. The Morgan fingerprint density at radius 2 is 2.18 bits per heavy atom. The lowest BCUT2D eigenvalue weighted by Gasteiger charge is -2.31. The van der Waals surface area contributed by atoms with Gasteiger partial charge in [0.15, 0.2) is 6.23 Å². The molecule has 1 aliphatic heterocycles. The third-order valence-corrected chi connectivity index (χ3v) is 5.62. The molecule has 0 amide bonds. The average molecular weight is 486 g/mol. The van der Waals surface area contributed by atoms with Crippen molar-refractivity contribution in [3.05, 3.63) is 33.1 Å². The summed E-state index contributed by atoms with van der Waals surface area (Å²) in [5, 5.41) is 0. The first kappa shape index (κ1) is 26.9. The molecule has 1 fully saturated rings. The molecule has 182 valence electrons. The molecule has 1 saturated heterocycles. The maximum absolute atomic E-state index is 14.0. The third kappa shape index (κ3) is 7.05. The number of nitrogens with zero attached hydrogens (tertiary/aromatic N) is 1. The average Bonchev–Trinajstić information content (AvgIpc) is 3.01. The Morgan fingerprint density at radius 1 is 1.45 bits per heavy atom. The Morgan fingerprint density at radius 3 is 2.79 bits per heavy atom. The van der Waals surface area contributed by atoms with Gasteiger partial charge in [0.1, 0.15) is 6.17 Å². The Kier molecular flexibility index (Phi) is 9.92. The van der Waals surface area contributed by atoms with Gasteiger partial charge in [-0.2, -0.15) is 0 Å². The summed E-state index contributed by atoms with van der Waals surface area (Å²) in [5.41, 5.74) is -2.29. The number of hydrogen-bond donors (Lipinski definition) is 1. The van der Waals surface area contributed by atoms with Crippen molar-refractivity contribution in [1.82, 2.24) is 9.55 Å². The van der Waals surface area contributed by atoms with E-state index in [9.17, 15) is 23.3 Å². The van der Waals surface area contributed by atoms with Crippen LogP contribution in [-0.2, 0) is 28.1 Å². The van der Waals surface area contributed by atoms with Gasteiger partial charge in [0.2, 0.25) is 0 Å². The highest BCUT2D eigenvalue weighted by atomic mass is 31.1. The minimum Gasteiger partial charge on any atom is -0.463 e. The Bertz CT molecular complexity index is 974. The van der Waals surface area contributed by atoms with Crippen LogP contribution in [0.4, 0.5) is 4.39 Å². The zero-order valence-corrected chi connectivity index (χ0v) is 19.6. The standard InChI is InChI=1S/C21H28FN2O8P/c1-5-21(4)15(7-9-29-11-14(22)10-18(26)31-13(2)3)16(12-30-33-28)32-19(21)24-8-6-17(25)23-20(24)27/h1,6,8,13-16,19H,7,9-12H2,2-4H3,(H,23,25,27)/t14-,15-,16-,19-,21-/m1/s1. The quantitative estimate of drug-likeness (QED) is 0.206. The molecule has 12 heteroatoms. The molecule has 1 N–H and O–H groups in total. The van der Waals surface area contributed by atoms with Gasteiger partial charge in [-0.1, -0.05) is 5.92 Å². The van der Waals surface area contributed by atoms with Gasteiger partial charge in [0, 0.05) is 24.8 Å². The van der Waals surface area contributed by atoms with Gasteiger partial charge in [0.05, 0.1) is 37.3 Å². The van der Waals surface area contributed by atoms with Crippen molar-refractivity contribution < 1.29 is 32.5 Å². The van der Waals surface area contributed by atoms with Crippen molar-refractivity contribution in [2.75, 3.05) is 19.8 Å². The van der Waals surface area contributed by atoms with E-state index in [-0.39, 0.29) is 25.9 Å². The van der Waals surface area contributed by atoms with E-state index in [1.165, 1.54) is 16.8 Å². The summed E-state index contributed by atoms with van der Waals surface area (Å²) < 4.78 is 47.3. The van der Waals surface area contributed by atoms with Crippen LogP contribution in [0.3, 0.4) is 0 Å². The number of carbonyl (C=O) groups excluding carboxylic acids is 1. The van der Waals surface area contributed by atoms with Crippen LogP contribution in [0, 0.1) is 23.7 Å². The van der Waals surface area contributed by atoms with Crippen LogP contribution in [0.1, 0.15) is 39.8 Å². The second-order valence-corrected chi connectivity index (χ2v) is 8.56. The molecule has 1 aromatic heterocycles. The lowest BCUT2D eigenvalue weighted by molar-refractivity contribution is -0.149. The summed E-state index contributed by atoms with van der Waals surface area (Å²) in [5.74, 6) is 1.61. The first-order valence-corrected chi connectivity index (χ1v) is 11.2. The molecule has 0 bridgehead atoms. The van der Waals surface area contributed by atoms with Gasteiger partial charge in [-0.25, -0.2) is 13.8 Å². The van der Waals surface area contributed by atoms with Crippen LogP contribution in [0.25, 0.3) is 0 Å². The predicted molar refractivity (Wildman–Crippen MR) is 115 cm³/mol. The molecule has 1 aromatic rings. The molecule has 10 nitrogen and oxygen atoms in total. The summed E-state index contributed by atoms with van der Waals surface area (Å²) in [6.45, 7) is 4.77. The minimum atomic E-state index is -1.53. The molecule has 0 radical (unpaired) electrons. The molecule has 0 aliphatic carbocycles. The molecular weight excluding hydrogens is 458 g/mol. The summed E-state index contributed by atoms with van der Waals surface area (Å²) in [7, 11) is -0.548.